The number of fused-ring (bicyclic) bond motifs is 8. The summed E-state index contributed by atoms with van der Waals surface area (Å²) in [5.41, 5.74) is 16.8. The Morgan fingerprint density at radius 2 is 0.367 bits per heavy atom. The van der Waals surface area contributed by atoms with Crippen molar-refractivity contribution >= 4 is 46.4 Å². The molecule has 9 rings (SSSR count). The molecule has 7 aromatic rings. The molecule has 32 nitrogen and oxygen atoms in total. The maximum Gasteiger partial charge on any atom is 0.220 e. The molecule has 8 bridgehead atoms. The lowest BCUT2D eigenvalue weighted by molar-refractivity contribution is -0.688. The first-order valence-electron chi connectivity index (χ1n) is 44.8. The SMILES string of the molecule is COCCOCCOCCc1ccc[n+](CCOCCOCCOC)c1-c1c2nc(c(-c3c(CCOCCOCCOC)ccc[n+]3CCOCCOCCOC)c3ccc([nH]3)c(-c3c(CCOCCOCCOC)ccc[n+]3CCOCCOCCOC)c3nc(c(-c4c(CCOCCOCCOC)ccc[n+]4CCOCCOCCOC)c4ccc1[nH]4)C=C3)C=C2. The summed E-state index contributed by atoms with van der Waals surface area (Å²) in [5, 5.41) is 0. The van der Waals surface area contributed by atoms with Crippen LogP contribution in [0.25, 0.3) is 91.4 Å². The summed E-state index contributed by atoms with van der Waals surface area (Å²) < 4.78 is 150. The van der Waals surface area contributed by atoms with Crippen LogP contribution in [0.4, 0.5) is 0 Å². The zero-order valence-electron chi connectivity index (χ0n) is 77.0. The van der Waals surface area contributed by atoms with Crippen LogP contribution in [0.1, 0.15) is 45.0 Å². The number of nitrogens with zero attached hydrogens (tertiary/aromatic N) is 6. The van der Waals surface area contributed by atoms with Crippen molar-refractivity contribution in [2.75, 3.05) is 321 Å². The van der Waals surface area contributed by atoms with Crippen molar-refractivity contribution in [3.8, 4) is 45.0 Å². The van der Waals surface area contributed by atoms with Crippen molar-refractivity contribution < 1.29 is 132 Å². The maximum atomic E-state index is 6.46. The minimum atomic E-state index is 0.363. The lowest BCUT2D eigenvalue weighted by Crippen LogP contribution is -2.39. The van der Waals surface area contributed by atoms with Gasteiger partial charge in [-0.15, -0.1) is 0 Å². The number of pyridine rings is 4. The number of aromatic amines is 2. The number of hydrogen-bond acceptors (Lipinski definition) is 26. The summed E-state index contributed by atoms with van der Waals surface area (Å²) >= 11 is 0. The fourth-order valence-electron chi connectivity index (χ4n) is 14.5. The molecule has 0 amide bonds. The minimum Gasteiger partial charge on any atom is -0.382 e. The summed E-state index contributed by atoms with van der Waals surface area (Å²) in [7, 11) is 13.3. The van der Waals surface area contributed by atoms with Crippen LogP contribution in [-0.4, -0.2) is 341 Å². The van der Waals surface area contributed by atoms with E-state index in [4.69, 9.17) is 124 Å². The molecular weight excluding hydrogens is 1650 g/mol. The van der Waals surface area contributed by atoms with Gasteiger partial charge in [0, 0.05) is 129 Å². The molecule has 0 saturated heterocycles. The highest BCUT2D eigenvalue weighted by Crippen LogP contribution is 2.40. The molecule has 7 aromatic heterocycles. The number of rotatable bonds is 76. The molecular formula is C96H142N8O24+4. The van der Waals surface area contributed by atoms with Gasteiger partial charge in [-0.25, -0.2) is 9.97 Å². The van der Waals surface area contributed by atoms with Gasteiger partial charge in [-0.3, -0.25) is 0 Å². The average molecular weight is 1790 g/mol. The van der Waals surface area contributed by atoms with Crippen molar-refractivity contribution in [2.45, 2.75) is 51.9 Å². The quantitative estimate of drug-likeness (QED) is 0.0269. The van der Waals surface area contributed by atoms with Crippen molar-refractivity contribution in [2.24, 2.45) is 0 Å². The summed E-state index contributed by atoms with van der Waals surface area (Å²) in [5.74, 6) is 0. The molecule has 706 valence electrons. The molecule has 0 spiro atoms. The zero-order valence-corrected chi connectivity index (χ0v) is 77.0. The molecule has 2 N–H and O–H groups in total. The Balaban J connectivity index is 1.40. The Morgan fingerprint density at radius 3 is 0.547 bits per heavy atom. The van der Waals surface area contributed by atoms with E-state index in [0.29, 0.717) is 339 Å². The van der Waals surface area contributed by atoms with Gasteiger partial charge in [0.2, 0.25) is 22.8 Å². The van der Waals surface area contributed by atoms with Crippen molar-refractivity contribution in [3.05, 3.63) is 143 Å². The number of methoxy groups -OCH3 is 8. The van der Waals surface area contributed by atoms with Crippen molar-refractivity contribution in [1.29, 1.82) is 0 Å². The third-order valence-electron chi connectivity index (χ3n) is 20.7. The molecule has 2 aliphatic rings. The summed E-state index contributed by atoms with van der Waals surface area (Å²) in [6, 6.07) is 25.8. The monoisotopic (exact) mass is 1790 g/mol. The van der Waals surface area contributed by atoms with E-state index in [-0.39, 0.29) is 0 Å². The van der Waals surface area contributed by atoms with E-state index < -0.39 is 0 Å². The van der Waals surface area contributed by atoms with E-state index in [0.717, 1.165) is 89.4 Å². The fraction of sp³-hybridized carbons (Fsp3) is 0.583. The molecule has 0 aromatic carbocycles. The van der Waals surface area contributed by atoms with Gasteiger partial charge >= 0.3 is 0 Å². The maximum absolute atomic E-state index is 6.46. The number of nitrogens with one attached hydrogen (secondary N) is 2. The summed E-state index contributed by atoms with van der Waals surface area (Å²) in [6.45, 7) is 18.7. The van der Waals surface area contributed by atoms with Crippen LogP contribution >= 0.6 is 0 Å². The van der Waals surface area contributed by atoms with Gasteiger partial charge in [-0.1, -0.05) is 0 Å². The first-order valence-corrected chi connectivity index (χ1v) is 44.8. The second-order valence-corrected chi connectivity index (χ2v) is 29.5. The average Bonchev–Trinajstić information content (AvgIpc) is 1.59. The smallest absolute Gasteiger partial charge is 0.220 e. The molecule has 0 unspecified atom stereocenters. The molecule has 0 atom stereocenters. The zero-order chi connectivity index (χ0) is 89.7. The molecule has 0 fully saturated rings. The highest BCUT2D eigenvalue weighted by molar-refractivity contribution is 5.99. The van der Waals surface area contributed by atoms with E-state index >= 15 is 0 Å². The van der Waals surface area contributed by atoms with Crippen LogP contribution in [0.5, 0.6) is 0 Å². The number of ether oxygens (including phenoxy) is 24. The summed E-state index contributed by atoms with van der Waals surface area (Å²) in [6.07, 6.45) is 19.1. The normalized spacial score (nSPS) is 12.1. The Bertz CT molecular complexity index is 3760. The van der Waals surface area contributed by atoms with Crippen LogP contribution in [0.3, 0.4) is 0 Å². The van der Waals surface area contributed by atoms with E-state index in [1.165, 1.54) is 0 Å². The van der Waals surface area contributed by atoms with Gasteiger partial charge in [0.15, 0.2) is 51.0 Å². The predicted molar refractivity (Wildman–Crippen MR) is 484 cm³/mol. The van der Waals surface area contributed by atoms with Crippen molar-refractivity contribution in [3.63, 3.8) is 0 Å². The third kappa shape index (κ3) is 36.1. The fourth-order valence-corrected chi connectivity index (χ4v) is 14.5. The van der Waals surface area contributed by atoms with Gasteiger partial charge in [0.1, 0.15) is 26.4 Å². The molecule has 0 radical (unpaired) electrons. The Kier molecular flexibility index (Phi) is 52.7. The lowest BCUT2D eigenvalue weighted by Gasteiger charge is -2.13. The first kappa shape index (κ1) is 104. The van der Waals surface area contributed by atoms with E-state index in [1.807, 2.05) is 0 Å². The number of H-pyrrole nitrogens is 2. The van der Waals surface area contributed by atoms with Crippen molar-refractivity contribution in [1.82, 2.24) is 19.9 Å². The van der Waals surface area contributed by atoms with Crippen LogP contribution in [0.2, 0.25) is 0 Å². The van der Waals surface area contributed by atoms with Gasteiger partial charge in [-0.2, -0.15) is 18.3 Å². The second-order valence-electron chi connectivity index (χ2n) is 29.5. The van der Waals surface area contributed by atoms with Gasteiger partial charge in [0.25, 0.3) is 0 Å². The van der Waals surface area contributed by atoms with Gasteiger partial charge in [0.05, 0.1) is 305 Å². The summed E-state index contributed by atoms with van der Waals surface area (Å²) in [4.78, 5) is 20.4. The molecule has 2 aliphatic heterocycles. The Morgan fingerprint density at radius 1 is 0.203 bits per heavy atom. The highest BCUT2D eigenvalue weighted by Gasteiger charge is 2.33. The third-order valence-corrected chi connectivity index (χ3v) is 20.7. The first-order chi connectivity index (χ1) is 63.4. The topological polar surface area (TPSA) is 294 Å². The van der Waals surface area contributed by atoms with E-state index in [9.17, 15) is 0 Å². The standard InChI is InChI=1S/C96H141N8O24/c1-105-45-53-121-69-61-113-37-25-77-13-9-29-101(33-41-117-65-73-125-57-49-109-5)93(77)89-81-17-19-83(97-81)90(94-78(26-38-114-62-70-122-54-46-106-2)14-10-30-102(94)34-42-118-66-74-126-58-50-110-6)85-21-23-87(99-85)92(96-80(28-40-116-64-72-124-56-48-108-4)16-12-32-104(96)36-44-120-68-76-128-60-52-112-8)88-24-22-86(100-88)91(84-20-18-82(89)98-84)95-79(27-39-115-63-71-123-55-47-107-3)15-11-31-103(95)35-43-119-67-75-127-59-51-111-7/h9-24,29-32H,25-28,33-76H2,1-8H3,(H,97,98,99,100)/q+3/p+1. The molecule has 0 saturated carbocycles. The Labute approximate surface area is 755 Å². The van der Waals surface area contributed by atoms with Crippen LogP contribution in [0, 0.1) is 0 Å². The molecule has 0 aliphatic carbocycles. The largest absolute Gasteiger partial charge is 0.382 e. The van der Waals surface area contributed by atoms with Crippen LogP contribution < -0.4 is 18.3 Å². The van der Waals surface area contributed by atoms with E-state index in [2.05, 4.69) is 150 Å². The second kappa shape index (κ2) is 64.9. The predicted octanol–water partition coefficient (Wildman–Crippen LogP) is 8.08. The number of aromatic nitrogens is 8. The highest BCUT2D eigenvalue weighted by atomic mass is 16.6. The molecule has 32 heteroatoms. The van der Waals surface area contributed by atoms with Gasteiger partial charge < -0.3 is 124 Å². The minimum absolute atomic E-state index is 0.363. The molecule has 128 heavy (non-hydrogen) atoms. The van der Waals surface area contributed by atoms with Crippen LogP contribution in [0.15, 0.2) is 97.6 Å². The van der Waals surface area contributed by atoms with Crippen LogP contribution in [-0.2, 0) is 166 Å². The van der Waals surface area contributed by atoms with Gasteiger partial charge in [-0.05, 0) is 72.8 Å². The Hall–Kier alpha value is -7.76. The lowest BCUT2D eigenvalue weighted by atomic mass is 10.0. The van der Waals surface area contributed by atoms with E-state index in [1.54, 1.807) is 56.9 Å². The number of hydrogen-bond donors (Lipinski definition) is 2. The molecule has 9 heterocycles.